The maximum absolute atomic E-state index is 11.6. The molecule has 0 unspecified atom stereocenters. The van der Waals surface area contributed by atoms with Gasteiger partial charge in [0.15, 0.2) is 0 Å². The summed E-state index contributed by atoms with van der Waals surface area (Å²) < 4.78 is 32.0. The normalized spacial score (nSPS) is 21.7. The van der Waals surface area contributed by atoms with Crippen LogP contribution >= 0.6 is 0 Å². The molecule has 1 aliphatic rings. The van der Waals surface area contributed by atoms with Crippen molar-refractivity contribution in [1.82, 2.24) is 13.9 Å². The molecule has 0 aliphatic carbocycles. The fourth-order valence-corrected chi connectivity index (χ4v) is 3.43. The number of nitrogens with zero attached hydrogens (tertiary/aromatic N) is 3. The van der Waals surface area contributed by atoms with Crippen molar-refractivity contribution in [2.24, 2.45) is 0 Å². The predicted octanol–water partition coefficient (Wildman–Crippen LogP) is 0.669. The second-order valence-corrected chi connectivity index (χ2v) is 6.91. The minimum atomic E-state index is -3.11. The molecule has 1 aromatic heterocycles. The van der Waals surface area contributed by atoms with E-state index in [2.05, 4.69) is 9.55 Å². The van der Waals surface area contributed by atoms with Crippen LogP contribution in [0.2, 0.25) is 0 Å². The first-order chi connectivity index (χ1) is 9.02. The highest BCUT2D eigenvalue weighted by atomic mass is 32.2. The summed E-state index contributed by atoms with van der Waals surface area (Å²) in [6, 6.07) is 0. The lowest BCUT2D eigenvalue weighted by atomic mass is 9.99. The van der Waals surface area contributed by atoms with E-state index < -0.39 is 10.0 Å². The molecule has 1 saturated heterocycles. The summed E-state index contributed by atoms with van der Waals surface area (Å²) >= 11 is 0. The number of imidazole rings is 1. The lowest BCUT2D eigenvalue weighted by Crippen LogP contribution is -2.39. The Morgan fingerprint density at radius 1 is 1.53 bits per heavy atom. The van der Waals surface area contributed by atoms with Crippen molar-refractivity contribution < 1.29 is 13.2 Å². The highest BCUT2D eigenvalue weighted by Gasteiger charge is 2.29. The van der Waals surface area contributed by atoms with Crippen LogP contribution in [0.15, 0.2) is 12.4 Å². The van der Waals surface area contributed by atoms with Crippen molar-refractivity contribution in [3.05, 3.63) is 18.2 Å². The van der Waals surface area contributed by atoms with Gasteiger partial charge in [-0.2, -0.15) is 0 Å². The summed E-state index contributed by atoms with van der Waals surface area (Å²) in [4.78, 5) is 4.40. The molecule has 0 N–H and O–H groups in total. The molecular formula is C12H21N3O3S. The summed E-state index contributed by atoms with van der Waals surface area (Å²) in [6.07, 6.45) is 6.83. The molecule has 0 saturated carbocycles. The van der Waals surface area contributed by atoms with Crippen LogP contribution in [-0.4, -0.2) is 55.3 Å². The largest absolute Gasteiger partial charge is 0.383 e. The van der Waals surface area contributed by atoms with Gasteiger partial charge in [-0.15, -0.1) is 0 Å². The van der Waals surface area contributed by atoms with E-state index in [4.69, 9.17) is 4.74 Å². The number of sulfonamides is 1. The lowest BCUT2D eigenvalue weighted by molar-refractivity contribution is 0.184. The molecule has 7 heteroatoms. The van der Waals surface area contributed by atoms with Gasteiger partial charge in [-0.05, 0) is 12.8 Å². The van der Waals surface area contributed by atoms with Crippen molar-refractivity contribution in [1.29, 1.82) is 0 Å². The van der Waals surface area contributed by atoms with Gasteiger partial charge in [0.25, 0.3) is 0 Å². The standard InChI is InChI=1S/C12H21N3O3S/c1-18-9-8-14-7-5-13-12(14)11-4-3-6-15(10-11)19(2,16)17/h5,7,11H,3-4,6,8-10H2,1-2H3/t11-/m0/s1. The average Bonchev–Trinajstić information content (AvgIpc) is 2.83. The van der Waals surface area contributed by atoms with Gasteiger partial charge in [0.1, 0.15) is 5.82 Å². The van der Waals surface area contributed by atoms with Crippen LogP contribution in [0, 0.1) is 0 Å². The Morgan fingerprint density at radius 2 is 2.32 bits per heavy atom. The number of ether oxygens (including phenoxy) is 1. The third kappa shape index (κ3) is 3.55. The molecule has 1 fully saturated rings. The Balaban J connectivity index is 2.11. The van der Waals surface area contributed by atoms with Crippen LogP contribution in [-0.2, 0) is 21.3 Å². The highest BCUT2D eigenvalue weighted by molar-refractivity contribution is 7.88. The molecule has 108 valence electrons. The Bertz CT molecular complexity index is 512. The summed E-state index contributed by atoms with van der Waals surface area (Å²) in [5.74, 6) is 1.14. The van der Waals surface area contributed by atoms with Crippen molar-refractivity contribution in [2.45, 2.75) is 25.3 Å². The van der Waals surface area contributed by atoms with E-state index in [0.29, 0.717) is 19.7 Å². The summed E-state index contributed by atoms with van der Waals surface area (Å²) in [5, 5.41) is 0. The molecule has 1 aliphatic heterocycles. The van der Waals surface area contributed by atoms with Gasteiger partial charge in [0.2, 0.25) is 10.0 Å². The summed E-state index contributed by atoms with van der Waals surface area (Å²) in [7, 11) is -1.44. The van der Waals surface area contributed by atoms with E-state index in [9.17, 15) is 8.42 Å². The van der Waals surface area contributed by atoms with E-state index in [1.165, 1.54) is 6.26 Å². The molecule has 19 heavy (non-hydrogen) atoms. The monoisotopic (exact) mass is 287 g/mol. The molecule has 0 bridgehead atoms. The molecular weight excluding hydrogens is 266 g/mol. The third-order valence-electron chi connectivity index (χ3n) is 3.50. The number of piperidine rings is 1. The van der Waals surface area contributed by atoms with Crippen molar-refractivity contribution in [2.75, 3.05) is 33.1 Å². The van der Waals surface area contributed by atoms with Gasteiger partial charge in [-0.25, -0.2) is 17.7 Å². The third-order valence-corrected chi connectivity index (χ3v) is 4.77. The van der Waals surface area contributed by atoms with E-state index in [1.54, 1.807) is 17.6 Å². The van der Waals surface area contributed by atoms with Gasteiger partial charge in [-0.3, -0.25) is 0 Å². The van der Waals surface area contributed by atoms with Crippen LogP contribution in [0.5, 0.6) is 0 Å². The molecule has 1 aromatic rings. The summed E-state index contributed by atoms with van der Waals surface area (Å²) in [6.45, 7) is 2.53. The van der Waals surface area contributed by atoms with Gasteiger partial charge in [0.05, 0.1) is 12.9 Å². The van der Waals surface area contributed by atoms with Gasteiger partial charge in [-0.1, -0.05) is 0 Å². The topological polar surface area (TPSA) is 64.4 Å². The zero-order chi connectivity index (χ0) is 13.9. The van der Waals surface area contributed by atoms with Crippen molar-refractivity contribution >= 4 is 10.0 Å². The minimum Gasteiger partial charge on any atom is -0.383 e. The fraction of sp³-hybridized carbons (Fsp3) is 0.750. The zero-order valence-corrected chi connectivity index (χ0v) is 12.3. The molecule has 2 heterocycles. The summed E-state index contributed by atoms with van der Waals surface area (Å²) in [5.41, 5.74) is 0. The second-order valence-electron chi connectivity index (χ2n) is 4.93. The fourth-order valence-electron chi connectivity index (χ4n) is 2.51. The van der Waals surface area contributed by atoms with E-state index >= 15 is 0 Å². The van der Waals surface area contributed by atoms with Gasteiger partial charge < -0.3 is 9.30 Å². The first-order valence-electron chi connectivity index (χ1n) is 6.47. The van der Waals surface area contributed by atoms with Crippen molar-refractivity contribution in [3.63, 3.8) is 0 Å². The second kappa shape index (κ2) is 6.02. The lowest BCUT2D eigenvalue weighted by Gasteiger charge is -2.30. The molecule has 0 spiro atoms. The Morgan fingerprint density at radius 3 is 3.00 bits per heavy atom. The number of hydrogen-bond donors (Lipinski definition) is 0. The number of methoxy groups -OCH3 is 1. The first kappa shape index (κ1) is 14.5. The van der Waals surface area contributed by atoms with Crippen LogP contribution < -0.4 is 0 Å². The molecule has 2 rings (SSSR count). The number of aromatic nitrogens is 2. The smallest absolute Gasteiger partial charge is 0.211 e. The number of hydrogen-bond acceptors (Lipinski definition) is 4. The van der Waals surface area contributed by atoms with Crippen LogP contribution in [0.1, 0.15) is 24.6 Å². The van der Waals surface area contributed by atoms with Crippen LogP contribution in [0.25, 0.3) is 0 Å². The SMILES string of the molecule is COCCn1ccnc1[C@H]1CCCN(S(C)(=O)=O)C1. The Kier molecular flexibility index (Phi) is 4.59. The van der Waals surface area contributed by atoms with Crippen LogP contribution in [0.3, 0.4) is 0 Å². The Labute approximate surface area is 114 Å². The first-order valence-corrected chi connectivity index (χ1v) is 8.32. The van der Waals surface area contributed by atoms with E-state index in [1.807, 2.05) is 6.20 Å². The average molecular weight is 287 g/mol. The van der Waals surface area contributed by atoms with E-state index in [0.717, 1.165) is 25.2 Å². The maximum Gasteiger partial charge on any atom is 0.211 e. The zero-order valence-electron chi connectivity index (χ0n) is 11.4. The Hall–Kier alpha value is -0.920. The van der Waals surface area contributed by atoms with Gasteiger partial charge >= 0.3 is 0 Å². The molecule has 6 nitrogen and oxygen atoms in total. The molecule has 0 radical (unpaired) electrons. The minimum absolute atomic E-state index is 0.176. The van der Waals surface area contributed by atoms with E-state index in [-0.39, 0.29) is 5.92 Å². The highest BCUT2D eigenvalue weighted by Crippen LogP contribution is 2.26. The quantitative estimate of drug-likeness (QED) is 0.798. The molecule has 0 amide bonds. The predicted molar refractivity (Wildman–Crippen MR) is 72.5 cm³/mol. The maximum atomic E-state index is 11.6. The molecule has 1 atom stereocenters. The number of rotatable bonds is 5. The van der Waals surface area contributed by atoms with Gasteiger partial charge in [0, 0.05) is 45.1 Å². The molecule has 0 aromatic carbocycles. The van der Waals surface area contributed by atoms with Crippen molar-refractivity contribution in [3.8, 4) is 0 Å². The van der Waals surface area contributed by atoms with Crippen LogP contribution in [0.4, 0.5) is 0 Å².